The standard InChI is InChI=1S/C11H12N2O3/c1-7(14)8-2-3-9(12-6-8)11(4-5-11)13-10(15)16/h2-3,6,13H,4-5H2,1H3,(H,15,16). The summed E-state index contributed by atoms with van der Waals surface area (Å²) >= 11 is 0. The zero-order valence-corrected chi connectivity index (χ0v) is 8.86. The number of aromatic nitrogens is 1. The number of hydrogen-bond acceptors (Lipinski definition) is 3. The van der Waals surface area contributed by atoms with Gasteiger partial charge in [0.25, 0.3) is 0 Å². The van der Waals surface area contributed by atoms with Crippen molar-refractivity contribution in [2.45, 2.75) is 25.3 Å². The lowest BCUT2D eigenvalue weighted by molar-refractivity contribution is 0.101. The molecule has 0 spiro atoms. The molecule has 1 amide bonds. The lowest BCUT2D eigenvalue weighted by Crippen LogP contribution is -2.34. The zero-order chi connectivity index (χ0) is 11.8. The van der Waals surface area contributed by atoms with E-state index in [4.69, 9.17) is 5.11 Å². The number of carbonyl (C=O) groups is 2. The predicted octanol–water partition coefficient (Wildman–Crippen LogP) is 1.54. The molecule has 2 N–H and O–H groups in total. The van der Waals surface area contributed by atoms with Gasteiger partial charge in [0.1, 0.15) is 0 Å². The van der Waals surface area contributed by atoms with Gasteiger partial charge < -0.3 is 10.4 Å². The maximum absolute atomic E-state index is 11.1. The first-order valence-electron chi connectivity index (χ1n) is 5.02. The van der Waals surface area contributed by atoms with Crippen molar-refractivity contribution < 1.29 is 14.7 Å². The Morgan fingerprint density at radius 1 is 1.44 bits per heavy atom. The molecule has 0 radical (unpaired) electrons. The Balaban J connectivity index is 2.22. The summed E-state index contributed by atoms with van der Waals surface area (Å²) in [6, 6.07) is 3.38. The van der Waals surface area contributed by atoms with Crippen LogP contribution in [0.1, 0.15) is 35.8 Å². The molecule has 16 heavy (non-hydrogen) atoms. The summed E-state index contributed by atoms with van der Waals surface area (Å²) < 4.78 is 0. The third-order valence-corrected chi connectivity index (χ3v) is 2.76. The van der Waals surface area contributed by atoms with Crippen LogP contribution in [-0.2, 0) is 5.54 Å². The average Bonchev–Trinajstić information content (AvgIpc) is 2.98. The van der Waals surface area contributed by atoms with Crippen molar-refractivity contribution in [3.8, 4) is 0 Å². The quantitative estimate of drug-likeness (QED) is 0.757. The van der Waals surface area contributed by atoms with Crippen molar-refractivity contribution in [2.24, 2.45) is 0 Å². The lowest BCUT2D eigenvalue weighted by atomic mass is 10.1. The number of rotatable bonds is 3. The molecule has 1 aromatic heterocycles. The van der Waals surface area contributed by atoms with Crippen molar-refractivity contribution in [3.05, 3.63) is 29.6 Å². The zero-order valence-electron chi connectivity index (χ0n) is 8.86. The molecule has 84 valence electrons. The largest absolute Gasteiger partial charge is 0.465 e. The lowest BCUT2D eigenvalue weighted by Gasteiger charge is -2.14. The van der Waals surface area contributed by atoms with Crippen LogP contribution in [0.3, 0.4) is 0 Å². The van der Waals surface area contributed by atoms with Gasteiger partial charge in [0.2, 0.25) is 0 Å². The minimum atomic E-state index is -1.05. The van der Waals surface area contributed by atoms with Crippen molar-refractivity contribution in [2.75, 3.05) is 0 Å². The Kier molecular flexibility index (Phi) is 2.38. The van der Waals surface area contributed by atoms with Gasteiger partial charge >= 0.3 is 6.09 Å². The van der Waals surface area contributed by atoms with E-state index < -0.39 is 11.6 Å². The summed E-state index contributed by atoms with van der Waals surface area (Å²) in [5, 5.41) is 11.2. The first-order chi connectivity index (χ1) is 7.53. The summed E-state index contributed by atoms with van der Waals surface area (Å²) in [5.41, 5.74) is 0.691. The number of nitrogens with one attached hydrogen (secondary N) is 1. The van der Waals surface area contributed by atoms with Crippen molar-refractivity contribution in [1.82, 2.24) is 10.3 Å². The number of ketones is 1. The molecule has 0 saturated heterocycles. The predicted molar refractivity (Wildman–Crippen MR) is 56.3 cm³/mol. The van der Waals surface area contributed by atoms with Crippen LogP contribution in [0, 0.1) is 0 Å². The van der Waals surface area contributed by atoms with E-state index in [0.29, 0.717) is 11.3 Å². The Morgan fingerprint density at radius 3 is 2.50 bits per heavy atom. The molecule has 0 aromatic carbocycles. The van der Waals surface area contributed by atoms with E-state index in [9.17, 15) is 9.59 Å². The summed E-state index contributed by atoms with van der Waals surface area (Å²) in [6.45, 7) is 1.47. The van der Waals surface area contributed by atoms with Gasteiger partial charge in [-0.1, -0.05) is 0 Å². The molecule has 5 heteroatoms. The molecule has 0 atom stereocenters. The van der Waals surface area contributed by atoms with Crippen LogP contribution >= 0.6 is 0 Å². The van der Waals surface area contributed by atoms with Gasteiger partial charge in [-0.3, -0.25) is 9.78 Å². The molecule has 1 aliphatic rings. The minimum absolute atomic E-state index is 0.0462. The normalized spacial score (nSPS) is 16.6. The highest BCUT2D eigenvalue weighted by Gasteiger charge is 2.47. The number of Topliss-reactive ketones (excluding diaryl/α,β-unsaturated/α-hetero) is 1. The van der Waals surface area contributed by atoms with Crippen LogP contribution < -0.4 is 5.32 Å². The molecule has 0 aliphatic heterocycles. The van der Waals surface area contributed by atoms with Crippen LogP contribution in [0.15, 0.2) is 18.3 Å². The van der Waals surface area contributed by atoms with E-state index in [0.717, 1.165) is 12.8 Å². The number of carboxylic acid groups (broad SMARTS) is 1. The first kappa shape index (κ1) is 10.6. The van der Waals surface area contributed by atoms with Crippen LogP contribution in [0.2, 0.25) is 0 Å². The SMILES string of the molecule is CC(=O)c1ccc(C2(NC(=O)O)CC2)nc1. The molecular formula is C11H12N2O3. The van der Waals surface area contributed by atoms with E-state index in [1.165, 1.54) is 13.1 Å². The topological polar surface area (TPSA) is 79.3 Å². The van der Waals surface area contributed by atoms with Crippen LogP contribution in [0.25, 0.3) is 0 Å². The number of hydrogen-bond donors (Lipinski definition) is 2. The summed E-state index contributed by atoms with van der Waals surface area (Å²) in [7, 11) is 0. The second kappa shape index (κ2) is 3.59. The van der Waals surface area contributed by atoms with Crippen molar-refractivity contribution in [1.29, 1.82) is 0 Å². The highest BCUT2D eigenvalue weighted by molar-refractivity contribution is 5.93. The van der Waals surface area contributed by atoms with Crippen molar-refractivity contribution in [3.63, 3.8) is 0 Å². The van der Waals surface area contributed by atoms with Gasteiger partial charge in [0, 0.05) is 11.8 Å². The fraction of sp³-hybridized carbons (Fsp3) is 0.364. The molecular weight excluding hydrogens is 208 g/mol. The maximum atomic E-state index is 11.1. The summed E-state index contributed by atoms with van der Waals surface area (Å²) in [4.78, 5) is 25.8. The fourth-order valence-electron chi connectivity index (χ4n) is 1.66. The highest BCUT2D eigenvalue weighted by atomic mass is 16.4. The Labute approximate surface area is 92.5 Å². The van der Waals surface area contributed by atoms with Crippen molar-refractivity contribution >= 4 is 11.9 Å². The monoisotopic (exact) mass is 220 g/mol. The van der Waals surface area contributed by atoms with E-state index in [1.54, 1.807) is 12.1 Å². The second-order valence-electron chi connectivity index (χ2n) is 4.00. The molecule has 0 bridgehead atoms. The van der Waals surface area contributed by atoms with Crippen LogP contribution in [-0.4, -0.2) is 22.0 Å². The molecule has 5 nitrogen and oxygen atoms in total. The van der Waals surface area contributed by atoms with Gasteiger partial charge in [-0.05, 0) is 31.9 Å². The van der Waals surface area contributed by atoms with Gasteiger partial charge in [-0.15, -0.1) is 0 Å². The van der Waals surface area contributed by atoms with Gasteiger partial charge in [0.15, 0.2) is 5.78 Å². The third-order valence-electron chi connectivity index (χ3n) is 2.76. The fourth-order valence-corrected chi connectivity index (χ4v) is 1.66. The number of nitrogens with zero attached hydrogens (tertiary/aromatic N) is 1. The molecule has 1 heterocycles. The number of amides is 1. The van der Waals surface area contributed by atoms with E-state index in [1.807, 2.05) is 0 Å². The second-order valence-corrected chi connectivity index (χ2v) is 4.00. The highest BCUT2D eigenvalue weighted by Crippen LogP contribution is 2.44. The van der Waals surface area contributed by atoms with Crippen LogP contribution in [0.4, 0.5) is 4.79 Å². The number of pyridine rings is 1. The molecule has 0 unspecified atom stereocenters. The van der Waals surface area contributed by atoms with Gasteiger partial charge in [-0.2, -0.15) is 0 Å². The third kappa shape index (κ3) is 1.88. The molecule has 2 rings (SSSR count). The van der Waals surface area contributed by atoms with Crippen LogP contribution in [0.5, 0.6) is 0 Å². The van der Waals surface area contributed by atoms with E-state index in [2.05, 4.69) is 10.3 Å². The van der Waals surface area contributed by atoms with Gasteiger partial charge in [-0.25, -0.2) is 4.79 Å². The molecule has 1 fully saturated rings. The summed E-state index contributed by atoms with van der Waals surface area (Å²) in [5.74, 6) is -0.0462. The molecule has 1 aliphatic carbocycles. The number of carbonyl (C=O) groups excluding carboxylic acids is 1. The average molecular weight is 220 g/mol. The minimum Gasteiger partial charge on any atom is -0.465 e. The van der Waals surface area contributed by atoms with Gasteiger partial charge in [0.05, 0.1) is 11.2 Å². The first-order valence-corrected chi connectivity index (χ1v) is 5.02. The Bertz CT molecular complexity index is 435. The Hall–Kier alpha value is -1.91. The summed E-state index contributed by atoms with van der Waals surface area (Å²) in [6.07, 6.45) is 1.95. The molecule has 1 aromatic rings. The van der Waals surface area contributed by atoms with E-state index in [-0.39, 0.29) is 5.78 Å². The van der Waals surface area contributed by atoms with E-state index >= 15 is 0 Å². The maximum Gasteiger partial charge on any atom is 0.405 e. The molecule has 1 saturated carbocycles. The Morgan fingerprint density at radius 2 is 2.12 bits per heavy atom. The smallest absolute Gasteiger partial charge is 0.405 e.